The van der Waals surface area contributed by atoms with Crippen molar-refractivity contribution in [1.82, 2.24) is 5.32 Å². The highest BCUT2D eigenvalue weighted by atomic mass is 79.9. The first-order chi connectivity index (χ1) is 10.2. The first kappa shape index (κ1) is 16.5. The highest BCUT2D eigenvalue weighted by molar-refractivity contribution is 9.10. The molecule has 3 heteroatoms. The van der Waals surface area contributed by atoms with E-state index in [0.29, 0.717) is 6.04 Å². The topological polar surface area (TPSA) is 12.0 Å². The van der Waals surface area contributed by atoms with Crippen LogP contribution in [-0.2, 0) is 12.8 Å². The molecule has 0 aromatic heterocycles. The average Bonchev–Trinajstić information content (AvgIpc) is 2.47. The van der Waals surface area contributed by atoms with Gasteiger partial charge in [0, 0.05) is 15.5 Å². The molecule has 2 rings (SSSR count). The predicted molar refractivity (Wildman–Crippen MR) is 95.1 cm³/mol. The van der Waals surface area contributed by atoms with Crippen LogP contribution in [0.15, 0.2) is 53.0 Å². The third-order valence-electron chi connectivity index (χ3n) is 3.45. The zero-order valence-electron chi connectivity index (χ0n) is 12.3. The lowest BCUT2D eigenvalue weighted by molar-refractivity contribution is 0.505. The number of benzene rings is 2. The summed E-state index contributed by atoms with van der Waals surface area (Å²) in [6.45, 7) is 3.24. The first-order valence-electron chi connectivity index (χ1n) is 7.39. The van der Waals surface area contributed by atoms with E-state index in [2.05, 4.69) is 64.6 Å². The van der Waals surface area contributed by atoms with Crippen molar-refractivity contribution in [3.63, 3.8) is 0 Å². The van der Waals surface area contributed by atoms with E-state index in [1.165, 1.54) is 11.1 Å². The van der Waals surface area contributed by atoms with Crippen molar-refractivity contribution in [2.75, 3.05) is 6.54 Å². The third-order valence-corrected chi connectivity index (χ3v) is 4.21. The summed E-state index contributed by atoms with van der Waals surface area (Å²) in [5.41, 5.74) is 2.64. The molecular formula is C18H21BrClN. The van der Waals surface area contributed by atoms with Crippen molar-refractivity contribution in [1.29, 1.82) is 0 Å². The van der Waals surface area contributed by atoms with Crippen molar-refractivity contribution in [2.24, 2.45) is 0 Å². The molecule has 0 aliphatic heterocycles. The van der Waals surface area contributed by atoms with Crippen LogP contribution in [0.25, 0.3) is 0 Å². The fraction of sp³-hybridized carbons (Fsp3) is 0.333. The molecule has 1 atom stereocenters. The second kappa shape index (κ2) is 8.57. The van der Waals surface area contributed by atoms with Crippen molar-refractivity contribution in [2.45, 2.75) is 32.2 Å². The maximum Gasteiger partial charge on any atom is 0.0408 e. The Labute approximate surface area is 140 Å². The Balaban J connectivity index is 2.04. The number of halogens is 2. The molecule has 2 aromatic carbocycles. The van der Waals surface area contributed by atoms with Gasteiger partial charge in [0.1, 0.15) is 0 Å². The zero-order chi connectivity index (χ0) is 15.1. The second-order valence-electron chi connectivity index (χ2n) is 5.32. The van der Waals surface area contributed by atoms with E-state index in [-0.39, 0.29) is 0 Å². The lowest BCUT2D eigenvalue weighted by Gasteiger charge is -2.19. The van der Waals surface area contributed by atoms with Gasteiger partial charge in [0.15, 0.2) is 0 Å². The Morgan fingerprint density at radius 3 is 2.43 bits per heavy atom. The highest BCUT2D eigenvalue weighted by Gasteiger charge is 2.10. The van der Waals surface area contributed by atoms with Gasteiger partial charge in [0.25, 0.3) is 0 Å². The van der Waals surface area contributed by atoms with E-state index in [9.17, 15) is 0 Å². The monoisotopic (exact) mass is 365 g/mol. The standard InChI is InChI=1S/C18H21BrClN/c1-2-10-21-18(12-14-6-8-16(19)9-7-14)13-15-4-3-5-17(20)11-15/h3-9,11,18,21H,2,10,12-13H2,1H3. The van der Waals surface area contributed by atoms with Crippen molar-refractivity contribution in [3.8, 4) is 0 Å². The van der Waals surface area contributed by atoms with Crippen LogP contribution in [-0.4, -0.2) is 12.6 Å². The number of hydrogen-bond donors (Lipinski definition) is 1. The average molecular weight is 367 g/mol. The van der Waals surface area contributed by atoms with E-state index in [0.717, 1.165) is 35.3 Å². The van der Waals surface area contributed by atoms with Gasteiger partial charge in [0.2, 0.25) is 0 Å². The molecular weight excluding hydrogens is 346 g/mol. The van der Waals surface area contributed by atoms with Gasteiger partial charge in [-0.2, -0.15) is 0 Å². The highest BCUT2D eigenvalue weighted by Crippen LogP contribution is 2.16. The van der Waals surface area contributed by atoms with Gasteiger partial charge >= 0.3 is 0 Å². The molecule has 0 aliphatic carbocycles. The van der Waals surface area contributed by atoms with E-state index in [4.69, 9.17) is 11.6 Å². The van der Waals surface area contributed by atoms with Crippen molar-refractivity contribution >= 4 is 27.5 Å². The third kappa shape index (κ3) is 5.82. The molecule has 0 fully saturated rings. The van der Waals surface area contributed by atoms with Gasteiger partial charge in [-0.05, 0) is 61.2 Å². The van der Waals surface area contributed by atoms with Crippen LogP contribution < -0.4 is 5.32 Å². The van der Waals surface area contributed by atoms with Crippen LogP contribution in [0, 0.1) is 0 Å². The molecule has 0 amide bonds. The lowest BCUT2D eigenvalue weighted by Crippen LogP contribution is -2.33. The van der Waals surface area contributed by atoms with E-state index in [1.807, 2.05) is 12.1 Å². The minimum atomic E-state index is 0.435. The maximum absolute atomic E-state index is 6.08. The predicted octanol–water partition coefficient (Wildman–Crippen LogP) is 5.26. The fourth-order valence-corrected chi connectivity index (χ4v) is 2.90. The minimum absolute atomic E-state index is 0.435. The largest absolute Gasteiger partial charge is 0.313 e. The van der Waals surface area contributed by atoms with Gasteiger partial charge in [-0.25, -0.2) is 0 Å². The Morgan fingerprint density at radius 2 is 1.76 bits per heavy atom. The van der Waals surface area contributed by atoms with E-state index >= 15 is 0 Å². The normalized spacial score (nSPS) is 12.3. The number of nitrogens with one attached hydrogen (secondary N) is 1. The smallest absolute Gasteiger partial charge is 0.0408 e. The summed E-state index contributed by atoms with van der Waals surface area (Å²) >= 11 is 9.57. The molecule has 1 nitrogen and oxygen atoms in total. The molecule has 0 spiro atoms. The summed E-state index contributed by atoms with van der Waals surface area (Å²) in [7, 11) is 0. The van der Waals surface area contributed by atoms with Crippen LogP contribution in [0.2, 0.25) is 5.02 Å². The molecule has 0 aliphatic rings. The van der Waals surface area contributed by atoms with Gasteiger partial charge in [-0.3, -0.25) is 0 Å². The Bertz CT molecular complexity index is 553. The van der Waals surface area contributed by atoms with Crippen LogP contribution in [0.5, 0.6) is 0 Å². The van der Waals surface area contributed by atoms with Crippen LogP contribution in [0.3, 0.4) is 0 Å². The van der Waals surface area contributed by atoms with Crippen LogP contribution in [0.4, 0.5) is 0 Å². The Kier molecular flexibility index (Phi) is 6.75. The minimum Gasteiger partial charge on any atom is -0.313 e. The molecule has 112 valence electrons. The van der Waals surface area contributed by atoms with Crippen LogP contribution in [0.1, 0.15) is 24.5 Å². The quantitative estimate of drug-likeness (QED) is 0.705. The summed E-state index contributed by atoms with van der Waals surface area (Å²) in [5.74, 6) is 0. The van der Waals surface area contributed by atoms with E-state index < -0.39 is 0 Å². The maximum atomic E-state index is 6.08. The van der Waals surface area contributed by atoms with Crippen LogP contribution >= 0.6 is 27.5 Å². The van der Waals surface area contributed by atoms with Crippen molar-refractivity contribution in [3.05, 3.63) is 69.2 Å². The van der Waals surface area contributed by atoms with E-state index in [1.54, 1.807) is 0 Å². The molecule has 1 N–H and O–H groups in total. The zero-order valence-corrected chi connectivity index (χ0v) is 14.6. The number of rotatable bonds is 7. The fourth-order valence-electron chi connectivity index (χ4n) is 2.42. The molecule has 0 heterocycles. The van der Waals surface area contributed by atoms with Gasteiger partial charge in [0.05, 0.1) is 0 Å². The van der Waals surface area contributed by atoms with Gasteiger partial charge < -0.3 is 5.32 Å². The second-order valence-corrected chi connectivity index (χ2v) is 6.67. The summed E-state index contributed by atoms with van der Waals surface area (Å²) in [5, 5.41) is 4.46. The molecule has 0 radical (unpaired) electrons. The molecule has 1 unspecified atom stereocenters. The SMILES string of the molecule is CCCNC(Cc1ccc(Br)cc1)Cc1cccc(Cl)c1. The molecule has 2 aromatic rings. The Hall–Kier alpha value is -0.830. The van der Waals surface area contributed by atoms with Gasteiger partial charge in [-0.15, -0.1) is 0 Å². The number of hydrogen-bond acceptors (Lipinski definition) is 1. The summed E-state index contributed by atoms with van der Waals surface area (Å²) in [4.78, 5) is 0. The molecule has 0 bridgehead atoms. The molecule has 0 saturated carbocycles. The molecule has 0 saturated heterocycles. The summed E-state index contributed by atoms with van der Waals surface area (Å²) in [6, 6.07) is 17.2. The lowest BCUT2D eigenvalue weighted by atomic mass is 9.99. The van der Waals surface area contributed by atoms with Crippen molar-refractivity contribution < 1.29 is 0 Å². The molecule has 21 heavy (non-hydrogen) atoms. The summed E-state index contributed by atoms with van der Waals surface area (Å²) in [6.07, 6.45) is 3.17. The Morgan fingerprint density at radius 1 is 1.05 bits per heavy atom. The van der Waals surface area contributed by atoms with Gasteiger partial charge in [-0.1, -0.05) is 58.7 Å². The summed E-state index contributed by atoms with van der Waals surface area (Å²) < 4.78 is 1.12. The first-order valence-corrected chi connectivity index (χ1v) is 8.56.